The summed E-state index contributed by atoms with van der Waals surface area (Å²) in [6.45, 7) is 8.80. The first-order chi connectivity index (χ1) is 9.95. The van der Waals surface area contributed by atoms with E-state index in [-0.39, 0.29) is 21.1 Å². The topological polar surface area (TPSA) is 121 Å². The van der Waals surface area contributed by atoms with Gasteiger partial charge in [0.15, 0.2) is 0 Å². The number of carboxylic acids is 2. The van der Waals surface area contributed by atoms with E-state index >= 15 is 0 Å². The minimum absolute atomic E-state index is 0.149. The second-order valence-corrected chi connectivity index (χ2v) is 7.80. The molecule has 0 atom stereocenters. The molecule has 21 heavy (non-hydrogen) atoms. The van der Waals surface area contributed by atoms with Gasteiger partial charge in [-0.3, -0.25) is 0 Å². The molecule has 0 radical (unpaired) electrons. The molecule has 0 aromatic carbocycles. The summed E-state index contributed by atoms with van der Waals surface area (Å²) in [5, 5.41) is 33.0. The van der Waals surface area contributed by atoms with Crippen LogP contribution in [0.15, 0.2) is 13.2 Å². The number of aliphatic hydroxyl groups is 2. The average molecular weight is 411 g/mol. The molecule has 2 N–H and O–H groups in total. The Hall–Kier alpha value is -0.601. The van der Waals surface area contributed by atoms with Crippen LogP contribution in [0.25, 0.3) is 0 Å². The number of unbranched alkanes of at least 4 members (excludes halogenated alkanes) is 2. The van der Waals surface area contributed by atoms with E-state index in [4.69, 9.17) is 30.0 Å². The molecular weight excluding hydrogens is 383 g/mol. The zero-order valence-electron chi connectivity index (χ0n) is 13.1. The van der Waals surface area contributed by atoms with Crippen molar-refractivity contribution in [2.45, 2.75) is 48.4 Å². The Morgan fingerprint density at radius 1 is 0.905 bits per heavy atom. The first-order valence-electron chi connectivity index (χ1n) is 6.78. The van der Waals surface area contributed by atoms with E-state index in [0.29, 0.717) is 0 Å². The van der Waals surface area contributed by atoms with Crippen LogP contribution in [0.4, 0.5) is 0 Å². The van der Waals surface area contributed by atoms with Gasteiger partial charge in [-0.1, -0.05) is 0 Å². The van der Waals surface area contributed by atoms with Crippen LogP contribution in [0.3, 0.4) is 0 Å². The maximum absolute atomic E-state index is 9.01. The van der Waals surface area contributed by atoms with Gasteiger partial charge in [0, 0.05) is 0 Å². The SMILES string of the molecule is C=C.CCC[CH2][Sn+2][CH2]CCC.O=C([O-])CO.O=C([O-])CO. The van der Waals surface area contributed by atoms with Crippen molar-refractivity contribution in [3.05, 3.63) is 13.2 Å². The van der Waals surface area contributed by atoms with Gasteiger partial charge < -0.3 is 30.0 Å². The predicted octanol–water partition coefficient (Wildman–Crippen LogP) is -0.613. The Bertz CT molecular complexity index is 192. The largest absolute Gasteiger partial charge is 0.548 e. The van der Waals surface area contributed by atoms with Crippen molar-refractivity contribution in [3.63, 3.8) is 0 Å². The van der Waals surface area contributed by atoms with Gasteiger partial charge in [-0.2, -0.15) is 0 Å². The predicted molar refractivity (Wildman–Crippen MR) is 80.6 cm³/mol. The molecule has 124 valence electrons. The van der Waals surface area contributed by atoms with Gasteiger partial charge in [0.25, 0.3) is 0 Å². The maximum Gasteiger partial charge on any atom is 0.0826 e. The molecule has 0 unspecified atom stereocenters. The molecule has 0 aliphatic carbocycles. The third kappa shape index (κ3) is 66.5. The Morgan fingerprint density at radius 2 is 1.14 bits per heavy atom. The molecule has 0 aromatic rings. The van der Waals surface area contributed by atoms with Gasteiger partial charge in [-0.05, 0) is 0 Å². The van der Waals surface area contributed by atoms with Crippen LogP contribution in [-0.2, 0) is 9.59 Å². The molecule has 0 fully saturated rings. The summed E-state index contributed by atoms with van der Waals surface area (Å²) in [5.74, 6) is -2.88. The Balaban J connectivity index is -0.000000104. The number of rotatable bonds is 8. The van der Waals surface area contributed by atoms with Crippen molar-refractivity contribution in [3.8, 4) is 0 Å². The zero-order chi connectivity index (χ0) is 17.5. The molecule has 0 aliphatic rings. The number of carboxylic acid groups (broad SMARTS) is 2. The molecule has 0 saturated heterocycles. The van der Waals surface area contributed by atoms with E-state index in [1.54, 1.807) is 8.87 Å². The number of aliphatic carboxylic acids is 2. The molecule has 0 aromatic heterocycles. The van der Waals surface area contributed by atoms with Crippen molar-refractivity contribution in [2.75, 3.05) is 13.2 Å². The summed E-state index contributed by atoms with van der Waals surface area (Å²) >= 11 is 0.149. The number of carbonyl (C=O) groups excluding carboxylic acids is 2. The molecule has 0 aliphatic heterocycles. The molecule has 0 bridgehead atoms. The van der Waals surface area contributed by atoms with Gasteiger partial charge in [0.1, 0.15) is 0 Å². The normalized spacial score (nSPS) is 7.62. The van der Waals surface area contributed by atoms with E-state index in [1.165, 1.54) is 25.7 Å². The summed E-state index contributed by atoms with van der Waals surface area (Å²) in [6.07, 6.45) is 5.84. The van der Waals surface area contributed by atoms with Crippen LogP contribution in [0.5, 0.6) is 0 Å². The molecular formula is C14H28O6Sn. The average Bonchev–Trinajstić information content (AvgIpc) is 2.50. The molecule has 6 nitrogen and oxygen atoms in total. The molecule has 0 spiro atoms. The Kier molecular flexibility index (Phi) is 43.1. The molecule has 7 heteroatoms. The van der Waals surface area contributed by atoms with Crippen molar-refractivity contribution >= 4 is 33.1 Å². The second kappa shape index (κ2) is 31.7. The van der Waals surface area contributed by atoms with Gasteiger partial charge in [0.2, 0.25) is 0 Å². The summed E-state index contributed by atoms with van der Waals surface area (Å²) in [5.41, 5.74) is 0. The van der Waals surface area contributed by atoms with Crippen LogP contribution < -0.4 is 10.2 Å². The third-order valence-electron chi connectivity index (χ3n) is 1.67. The summed E-state index contributed by atoms with van der Waals surface area (Å²) < 4.78 is 3.25. The monoisotopic (exact) mass is 412 g/mol. The molecule has 0 amide bonds. The third-order valence-corrected chi connectivity index (χ3v) is 5.71. The van der Waals surface area contributed by atoms with Gasteiger partial charge in [-0.25, -0.2) is 0 Å². The molecule has 0 rings (SSSR count). The summed E-state index contributed by atoms with van der Waals surface area (Å²) in [4.78, 5) is 18.0. The first-order valence-corrected chi connectivity index (χ1v) is 10.8. The minimum Gasteiger partial charge on any atom is -0.548 e. The second-order valence-electron chi connectivity index (χ2n) is 3.52. The van der Waals surface area contributed by atoms with Crippen LogP contribution in [0.2, 0.25) is 8.87 Å². The maximum atomic E-state index is 9.01. The fourth-order valence-electron chi connectivity index (χ4n) is 0.729. The fraction of sp³-hybridized carbons (Fsp3) is 0.714. The van der Waals surface area contributed by atoms with Crippen molar-refractivity contribution in [1.29, 1.82) is 0 Å². The number of aliphatic hydroxyl groups excluding tert-OH is 2. The zero-order valence-corrected chi connectivity index (χ0v) is 16.0. The smallest absolute Gasteiger partial charge is 0.0826 e. The van der Waals surface area contributed by atoms with Crippen LogP contribution in [0, 0.1) is 0 Å². The minimum atomic E-state index is -1.44. The fourth-order valence-corrected chi connectivity index (χ4v) is 4.89. The van der Waals surface area contributed by atoms with Gasteiger partial charge >= 0.3 is 69.5 Å². The van der Waals surface area contributed by atoms with Crippen molar-refractivity contribution < 1.29 is 30.0 Å². The van der Waals surface area contributed by atoms with Crippen molar-refractivity contribution in [2.24, 2.45) is 0 Å². The standard InChI is InChI=1S/2C4H9.2C2H4O3.C2H4.Sn/c2*1-3-4-2;2*3-1-2(4)5;1-2;/h2*1,3-4H2,2H3;2*3H,1H2,(H,4,5);1-2H2;/q;;;;;+2/p-2. The Labute approximate surface area is 138 Å². The van der Waals surface area contributed by atoms with E-state index in [2.05, 4.69) is 27.0 Å². The van der Waals surface area contributed by atoms with Crippen LogP contribution in [0.1, 0.15) is 39.5 Å². The van der Waals surface area contributed by atoms with Crippen molar-refractivity contribution in [1.82, 2.24) is 0 Å². The van der Waals surface area contributed by atoms with Gasteiger partial charge in [-0.15, -0.1) is 13.2 Å². The van der Waals surface area contributed by atoms with Gasteiger partial charge in [0.05, 0.1) is 25.2 Å². The first kappa shape index (κ1) is 28.5. The molecule has 0 heterocycles. The van der Waals surface area contributed by atoms with E-state index in [0.717, 1.165) is 0 Å². The van der Waals surface area contributed by atoms with E-state index in [1.807, 2.05) is 0 Å². The number of carbonyl (C=O) groups is 2. The Morgan fingerprint density at radius 3 is 1.29 bits per heavy atom. The van der Waals surface area contributed by atoms with Crippen LogP contribution in [-0.4, -0.2) is 56.5 Å². The van der Waals surface area contributed by atoms with E-state index < -0.39 is 25.2 Å². The summed E-state index contributed by atoms with van der Waals surface area (Å²) in [7, 11) is 0. The van der Waals surface area contributed by atoms with Crippen LogP contribution >= 0.6 is 0 Å². The molecule has 0 saturated carbocycles. The quantitative estimate of drug-likeness (QED) is 0.312. The number of hydrogen-bond acceptors (Lipinski definition) is 6. The van der Waals surface area contributed by atoms with E-state index in [9.17, 15) is 0 Å². The summed E-state index contributed by atoms with van der Waals surface area (Å²) in [6, 6.07) is 0. The number of hydrogen-bond donors (Lipinski definition) is 2.